The van der Waals surface area contributed by atoms with Gasteiger partial charge in [0.15, 0.2) is 0 Å². The van der Waals surface area contributed by atoms with Crippen LogP contribution in [0.1, 0.15) is 54.4 Å². The molecule has 3 unspecified atom stereocenters. The van der Waals surface area contributed by atoms with Gasteiger partial charge in [0.2, 0.25) is 0 Å². The van der Waals surface area contributed by atoms with Crippen LogP contribution in [0.25, 0.3) is 0 Å². The fraction of sp³-hybridized carbons (Fsp3) is 0.792. The lowest BCUT2D eigenvalue weighted by Gasteiger charge is -2.58. The molecule has 4 aliphatic rings. The van der Waals surface area contributed by atoms with Gasteiger partial charge in [0.1, 0.15) is 36.6 Å². The molecule has 0 aromatic carbocycles. The minimum absolute atomic E-state index is 0.0617. The Bertz CT molecular complexity index is 875. The average Bonchev–Trinajstić information content (AvgIpc) is 3.48. The molecular weight excluding hydrogens is 432 g/mol. The first-order valence-electron chi connectivity index (χ1n) is 11.5. The number of carbonyl (C=O) groups is 3. The summed E-state index contributed by atoms with van der Waals surface area (Å²) >= 11 is 0. The highest BCUT2D eigenvalue weighted by Gasteiger charge is 2.86. The van der Waals surface area contributed by atoms with E-state index in [1.165, 1.54) is 13.8 Å². The number of fused-ring (bicyclic) bond motifs is 2. The molecule has 3 fully saturated rings. The average molecular weight is 467 g/mol. The highest BCUT2D eigenvalue weighted by atomic mass is 16.7. The highest BCUT2D eigenvalue weighted by molar-refractivity contribution is 5.70. The monoisotopic (exact) mass is 466 g/mol. The summed E-state index contributed by atoms with van der Waals surface area (Å²) in [6, 6.07) is 0. The summed E-state index contributed by atoms with van der Waals surface area (Å²) in [5.41, 5.74) is -2.00. The van der Waals surface area contributed by atoms with Gasteiger partial charge < -0.3 is 28.8 Å². The molecule has 2 saturated heterocycles. The van der Waals surface area contributed by atoms with Gasteiger partial charge in [-0.1, -0.05) is 26.8 Å². The summed E-state index contributed by atoms with van der Waals surface area (Å²) in [7, 11) is 0. The second-order valence-corrected chi connectivity index (χ2v) is 10.5. The predicted molar refractivity (Wildman–Crippen MR) is 114 cm³/mol. The van der Waals surface area contributed by atoms with Gasteiger partial charge in [-0.3, -0.25) is 14.4 Å². The topological polar surface area (TPSA) is 121 Å². The quantitative estimate of drug-likeness (QED) is 0.270. The van der Waals surface area contributed by atoms with E-state index >= 15 is 0 Å². The SMILES string of the molecule is CC(=O)OC[C@]12CC(OC(=O)CC(C)C)C(C)=C[C@H]1O[C@@H]1C(O)C(OC(C)=O)[C@@]2(C)[C@]12CO2. The molecule has 8 atom stereocenters. The zero-order chi connectivity index (χ0) is 24.3. The number of carbonyl (C=O) groups excluding carboxylic acids is 3. The van der Waals surface area contributed by atoms with Crippen LogP contribution in [0.3, 0.4) is 0 Å². The van der Waals surface area contributed by atoms with Crippen molar-refractivity contribution in [1.29, 1.82) is 0 Å². The fourth-order valence-electron chi connectivity index (χ4n) is 6.26. The Morgan fingerprint density at radius 3 is 2.42 bits per heavy atom. The molecule has 1 spiro atoms. The molecule has 9 nitrogen and oxygen atoms in total. The van der Waals surface area contributed by atoms with E-state index in [1.807, 2.05) is 33.8 Å². The zero-order valence-corrected chi connectivity index (χ0v) is 20.1. The van der Waals surface area contributed by atoms with Crippen molar-refractivity contribution >= 4 is 17.9 Å². The van der Waals surface area contributed by atoms with Gasteiger partial charge in [-0.2, -0.15) is 0 Å². The minimum Gasteiger partial charge on any atom is -0.465 e. The third kappa shape index (κ3) is 3.51. The third-order valence-corrected chi connectivity index (χ3v) is 8.00. The lowest BCUT2D eigenvalue weighted by molar-refractivity contribution is -0.241. The van der Waals surface area contributed by atoms with Crippen molar-refractivity contribution in [2.75, 3.05) is 13.2 Å². The van der Waals surface area contributed by atoms with Crippen LogP contribution in [0.2, 0.25) is 0 Å². The van der Waals surface area contributed by atoms with Crippen molar-refractivity contribution in [3.63, 3.8) is 0 Å². The zero-order valence-electron chi connectivity index (χ0n) is 20.1. The Balaban J connectivity index is 1.79. The van der Waals surface area contributed by atoms with Crippen LogP contribution in [0.5, 0.6) is 0 Å². The fourth-order valence-corrected chi connectivity index (χ4v) is 6.26. The summed E-state index contributed by atoms with van der Waals surface area (Å²) in [5.74, 6) is -1.18. The first-order chi connectivity index (χ1) is 15.4. The van der Waals surface area contributed by atoms with Gasteiger partial charge in [0, 0.05) is 26.7 Å². The Hall–Kier alpha value is -1.97. The van der Waals surface area contributed by atoms with Crippen molar-refractivity contribution in [3.8, 4) is 0 Å². The Morgan fingerprint density at radius 2 is 1.88 bits per heavy atom. The largest absolute Gasteiger partial charge is 0.465 e. The van der Waals surface area contributed by atoms with Crippen molar-refractivity contribution in [2.45, 2.75) is 90.5 Å². The number of aliphatic hydroxyl groups is 1. The van der Waals surface area contributed by atoms with E-state index in [1.54, 1.807) is 0 Å². The number of hydrogen-bond donors (Lipinski definition) is 1. The molecule has 2 aliphatic carbocycles. The summed E-state index contributed by atoms with van der Waals surface area (Å²) in [4.78, 5) is 36.4. The van der Waals surface area contributed by atoms with Gasteiger partial charge in [-0.15, -0.1) is 0 Å². The van der Waals surface area contributed by atoms with Crippen molar-refractivity contribution < 1.29 is 43.2 Å². The van der Waals surface area contributed by atoms with E-state index in [4.69, 9.17) is 23.7 Å². The van der Waals surface area contributed by atoms with Crippen LogP contribution in [-0.2, 0) is 38.1 Å². The second-order valence-electron chi connectivity index (χ2n) is 10.5. The van der Waals surface area contributed by atoms with E-state index in [0.29, 0.717) is 6.61 Å². The molecule has 0 amide bonds. The van der Waals surface area contributed by atoms with Gasteiger partial charge in [0.25, 0.3) is 0 Å². The molecule has 0 aromatic rings. The lowest BCUT2D eigenvalue weighted by atomic mass is 9.51. The number of esters is 3. The summed E-state index contributed by atoms with van der Waals surface area (Å²) in [5, 5.41) is 11.2. The maximum absolute atomic E-state index is 12.5. The molecule has 1 N–H and O–H groups in total. The summed E-state index contributed by atoms with van der Waals surface area (Å²) in [6.45, 7) is 10.5. The molecule has 2 bridgehead atoms. The van der Waals surface area contributed by atoms with E-state index < -0.39 is 58.9 Å². The van der Waals surface area contributed by atoms with Crippen LogP contribution in [0.15, 0.2) is 11.6 Å². The maximum Gasteiger partial charge on any atom is 0.306 e. The molecule has 9 heteroatoms. The van der Waals surface area contributed by atoms with Crippen LogP contribution >= 0.6 is 0 Å². The van der Waals surface area contributed by atoms with Crippen LogP contribution in [0, 0.1) is 16.7 Å². The maximum atomic E-state index is 12.5. The number of aliphatic hydroxyl groups excluding tert-OH is 1. The molecule has 184 valence electrons. The van der Waals surface area contributed by atoms with E-state index in [2.05, 4.69) is 0 Å². The third-order valence-electron chi connectivity index (χ3n) is 8.00. The first kappa shape index (κ1) is 24.2. The molecular formula is C24H34O9. The van der Waals surface area contributed by atoms with Crippen molar-refractivity contribution in [3.05, 3.63) is 11.6 Å². The van der Waals surface area contributed by atoms with Crippen LogP contribution in [-0.4, -0.2) is 72.3 Å². The standard InChI is InChI=1S/C24H34O9/c1-12(2)7-18(27)32-16-9-23(10-29-14(4)25)17(8-13(16)3)33-21-19(28)20(31-15(5)26)22(23,6)24(21)11-30-24/h8,12,16-17,19-21,28H,7,9-11H2,1-6H3/t16?,17-,19?,20?,21-,22-,23-,24+/m1/s1. The van der Waals surface area contributed by atoms with Crippen LogP contribution in [0.4, 0.5) is 0 Å². The van der Waals surface area contributed by atoms with Crippen molar-refractivity contribution in [2.24, 2.45) is 16.7 Å². The number of hydrogen-bond acceptors (Lipinski definition) is 9. The molecule has 2 heterocycles. The summed E-state index contributed by atoms with van der Waals surface area (Å²) < 4.78 is 29.4. The smallest absolute Gasteiger partial charge is 0.306 e. The van der Waals surface area contributed by atoms with Gasteiger partial charge in [-0.25, -0.2) is 0 Å². The van der Waals surface area contributed by atoms with Crippen molar-refractivity contribution in [1.82, 2.24) is 0 Å². The van der Waals surface area contributed by atoms with E-state index in [-0.39, 0.29) is 31.3 Å². The minimum atomic E-state index is -1.11. The van der Waals surface area contributed by atoms with E-state index in [9.17, 15) is 19.5 Å². The van der Waals surface area contributed by atoms with Crippen LogP contribution < -0.4 is 0 Å². The molecule has 4 rings (SSSR count). The number of rotatable bonds is 6. The molecule has 33 heavy (non-hydrogen) atoms. The number of ether oxygens (including phenoxy) is 5. The highest BCUT2D eigenvalue weighted by Crippen LogP contribution is 2.72. The Kier molecular flexibility index (Phi) is 5.90. The molecule has 0 aromatic heterocycles. The van der Waals surface area contributed by atoms with Gasteiger partial charge in [-0.05, 0) is 18.4 Å². The molecule has 2 aliphatic heterocycles. The van der Waals surface area contributed by atoms with Gasteiger partial charge >= 0.3 is 17.9 Å². The summed E-state index contributed by atoms with van der Waals surface area (Å²) in [6.07, 6.45) is -1.46. The van der Waals surface area contributed by atoms with E-state index in [0.717, 1.165) is 5.57 Å². The lowest BCUT2D eigenvalue weighted by Crippen LogP contribution is -2.68. The Morgan fingerprint density at radius 1 is 1.21 bits per heavy atom. The number of epoxide rings is 1. The molecule has 0 radical (unpaired) electrons. The first-order valence-corrected chi connectivity index (χ1v) is 11.5. The van der Waals surface area contributed by atoms with Gasteiger partial charge in [0.05, 0.1) is 23.5 Å². The Labute approximate surface area is 193 Å². The normalized spacial score (nSPS) is 43.0. The second kappa shape index (κ2) is 8.06. The molecule has 1 saturated carbocycles. The predicted octanol–water partition coefficient (Wildman–Crippen LogP) is 1.69.